The molecule has 0 aliphatic rings. The molecule has 5 nitrogen and oxygen atoms in total. The number of hydrazone groups is 1. The Morgan fingerprint density at radius 2 is 1.90 bits per heavy atom. The molecule has 0 radical (unpaired) electrons. The zero-order valence-corrected chi connectivity index (χ0v) is 10.4. The number of phenols is 1. The molecule has 20 heavy (non-hydrogen) atoms. The van der Waals surface area contributed by atoms with Crippen LogP contribution in [-0.2, 0) is 0 Å². The van der Waals surface area contributed by atoms with Gasteiger partial charge in [-0.25, -0.2) is 5.43 Å². The number of benzene rings is 2. The summed E-state index contributed by atoms with van der Waals surface area (Å²) in [6, 6.07) is 15.0. The van der Waals surface area contributed by atoms with E-state index in [1.54, 1.807) is 36.4 Å². The standard InChI is InChI=1S/C15H11N3O2/c16-9-11-5-7-12(8-6-11)10-17-18-15(20)13-3-1-2-4-14(13)19/h1-8,10,19H,(H,18,20)/b17-10-. The highest BCUT2D eigenvalue weighted by atomic mass is 16.3. The maximum Gasteiger partial charge on any atom is 0.275 e. The molecule has 2 rings (SSSR count). The fraction of sp³-hybridized carbons (Fsp3) is 0. The normalized spacial score (nSPS) is 10.2. The molecular formula is C15H11N3O2. The van der Waals surface area contributed by atoms with Crippen LogP contribution in [0.4, 0.5) is 0 Å². The van der Waals surface area contributed by atoms with Crippen molar-refractivity contribution in [2.75, 3.05) is 0 Å². The number of carbonyl (C=O) groups is 1. The Kier molecular flexibility index (Phi) is 4.10. The van der Waals surface area contributed by atoms with E-state index < -0.39 is 5.91 Å². The predicted molar refractivity (Wildman–Crippen MR) is 74.3 cm³/mol. The van der Waals surface area contributed by atoms with Gasteiger partial charge in [0.25, 0.3) is 5.91 Å². The summed E-state index contributed by atoms with van der Waals surface area (Å²) in [4.78, 5) is 11.7. The smallest absolute Gasteiger partial charge is 0.275 e. The van der Waals surface area contributed by atoms with Gasteiger partial charge in [-0.2, -0.15) is 10.4 Å². The summed E-state index contributed by atoms with van der Waals surface area (Å²) < 4.78 is 0. The minimum absolute atomic E-state index is 0.0985. The van der Waals surface area contributed by atoms with Gasteiger partial charge < -0.3 is 5.11 Å². The molecule has 98 valence electrons. The molecule has 0 atom stereocenters. The molecule has 0 saturated heterocycles. The molecule has 0 aliphatic carbocycles. The zero-order valence-electron chi connectivity index (χ0n) is 10.4. The van der Waals surface area contributed by atoms with Crippen LogP contribution >= 0.6 is 0 Å². The molecule has 1 amide bonds. The molecule has 0 fully saturated rings. The minimum atomic E-state index is -0.493. The van der Waals surface area contributed by atoms with Gasteiger partial charge in [0.1, 0.15) is 5.75 Å². The molecule has 2 aromatic carbocycles. The Labute approximate surface area is 115 Å². The summed E-state index contributed by atoms with van der Waals surface area (Å²) in [6.45, 7) is 0. The van der Waals surface area contributed by atoms with Crippen LogP contribution in [0.2, 0.25) is 0 Å². The lowest BCUT2D eigenvalue weighted by molar-refractivity contribution is 0.0952. The fourth-order valence-corrected chi connectivity index (χ4v) is 1.54. The average molecular weight is 265 g/mol. The maximum atomic E-state index is 11.7. The zero-order chi connectivity index (χ0) is 14.4. The van der Waals surface area contributed by atoms with Crippen LogP contribution in [0.5, 0.6) is 5.75 Å². The van der Waals surface area contributed by atoms with Crippen molar-refractivity contribution in [1.82, 2.24) is 5.43 Å². The molecule has 0 aromatic heterocycles. The second-order valence-corrected chi connectivity index (χ2v) is 3.95. The van der Waals surface area contributed by atoms with Crippen LogP contribution in [0, 0.1) is 11.3 Å². The quantitative estimate of drug-likeness (QED) is 0.657. The van der Waals surface area contributed by atoms with E-state index in [0.29, 0.717) is 5.56 Å². The third kappa shape index (κ3) is 3.21. The number of aromatic hydroxyl groups is 1. The Hall–Kier alpha value is -3.13. The Morgan fingerprint density at radius 1 is 1.20 bits per heavy atom. The molecule has 2 aromatic rings. The monoisotopic (exact) mass is 265 g/mol. The lowest BCUT2D eigenvalue weighted by Crippen LogP contribution is -2.17. The fourth-order valence-electron chi connectivity index (χ4n) is 1.54. The molecular weight excluding hydrogens is 254 g/mol. The van der Waals surface area contributed by atoms with Crippen LogP contribution in [-0.4, -0.2) is 17.2 Å². The number of hydrogen-bond donors (Lipinski definition) is 2. The SMILES string of the molecule is N#Cc1ccc(/C=N\NC(=O)c2ccccc2O)cc1. The van der Waals surface area contributed by atoms with Gasteiger partial charge in [0, 0.05) is 0 Å². The van der Waals surface area contributed by atoms with Crippen LogP contribution in [0.25, 0.3) is 0 Å². The van der Waals surface area contributed by atoms with E-state index in [0.717, 1.165) is 5.56 Å². The number of nitrogens with zero attached hydrogens (tertiary/aromatic N) is 2. The van der Waals surface area contributed by atoms with Crippen molar-refractivity contribution in [3.8, 4) is 11.8 Å². The van der Waals surface area contributed by atoms with Gasteiger partial charge in [0.2, 0.25) is 0 Å². The first-order valence-corrected chi connectivity index (χ1v) is 5.82. The van der Waals surface area contributed by atoms with Gasteiger partial charge in [-0.3, -0.25) is 4.79 Å². The highest BCUT2D eigenvalue weighted by Crippen LogP contribution is 2.14. The summed E-state index contributed by atoms with van der Waals surface area (Å²) in [5.41, 5.74) is 3.79. The molecule has 0 saturated carbocycles. The van der Waals surface area contributed by atoms with Gasteiger partial charge in [0.05, 0.1) is 23.4 Å². The van der Waals surface area contributed by atoms with Crippen LogP contribution in [0.3, 0.4) is 0 Å². The third-order valence-corrected chi connectivity index (χ3v) is 2.57. The van der Waals surface area contributed by atoms with E-state index >= 15 is 0 Å². The molecule has 0 spiro atoms. The van der Waals surface area contributed by atoms with Crippen LogP contribution in [0.15, 0.2) is 53.6 Å². The molecule has 5 heteroatoms. The van der Waals surface area contributed by atoms with E-state index in [9.17, 15) is 9.90 Å². The van der Waals surface area contributed by atoms with Crippen molar-refractivity contribution in [1.29, 1.82) is 5.26 Å². The topological polar surface area (TPSA) is 85.5 Å². The molecule has 0 aliphatic heterocycles. The number of nitriles is 1. The summed E-state index contributed by atoms with van der Waals surface area (Å²) in [5.74, 6) is -0.591. The van der Waals surface area contributed by atoms with Gasteiger partial charge in [-0.1, -0.05) is 24.3 Å². The number of nitrogens with one attached hydrogen (secondary N) is 1. The first kappa shape index (κ1) is 13.3. The Morgan fingerprint density at radius 3 is 2.55 bits per heavy atom. The van der Waals surface area contributed by atoms with Crippen molar-refractivity contribution >= 4 is 12.1 Å². The average Bonchev–Trinajstić information content (AvgIpc) is 2.48. The minimum Gasteiger partial charge on any atom is -0.507 e. The van der Waals surface area contributed by atoms with E-state index in [2.05, 4.69) is 10.5 Å². The van der Waals surface area contributed by atoms with Crippen molar-refractivity contribution in [2.45, 2.75) is 0 Å². The molecule has 2 N–H and O–H groups in total. The lowest BCUT2D eigenvalue weighted by Gasteiger charge is -2.01. The number of phenolic OH excluding ortho intramolecular Hbond substituents is 1. The van der Waals surface area contributed by atoms with Crippen molar-refractivity contribution in [3.63, 3.8) is 0 Å². The predicted octanol–water partition coefficient (Wildman–Crippen LogP) is 2.03. The largest absolute Gasteiger partial charge is 0.507 e. The van der Waals surface area contributed by atoms with Crippen molar-refractivity contribution in [2.24, 2.45) is 5.10 Å². The number of amides is 1. The molecule has 0 unspecified atom stereocenters. The maximum absolute atomic E-state index is 11.7. The highest BCUT2D eigenvalue weighted by Gasteiger charge is 2.08. The highest BCUT2D eigenvalue weighted by molar-refractivity contribution is 5.97. The van der Waals surface area contributed by atoms with Gasteiger partial charge in [-0.05, 0) is 29.8 Å². The molecule has 0 bridgehead atoms. The number of para-hydroxylation sites is 1. The summed E-state index contributed by atoms with van der Waals surface area (Å²) in [6.07, 6.45) is 1.46. The number of rotatable bonds is 3. The van der Waals surface area contributed by atoms with Crippen molar-refractivity contribution < 1.29 is 9.90 Å². The van der Waals surface area contributed by atoms with E-state index in [1.807, 2.05) is 6.07 Å². The van der Waals surface area contributed by atoms with Crippen LogP contribution in [0.1, 0.15) is 21.5 Å². The Balaban J connectivity index is 2.01. The van der Waals surface area contributed by atoms with E-state index in [1.165, 1.54) is 18.3 Å². The van der Waals surface area contributed by atoms with E-state index in [4.69, 9.17) is 5.26 Å². The summed E-state index contributed by atoms with van der Waals surface area (Å²) in [7, 11) is 0. The lowest BCUT2D eigenvalue weighted by atomic mass is 10.2. The van der Waals surface area contributed by atoms with Crippen LogP contribution < -0.4 is 5.43 Å². The van der Waals surface area contributed by atoms with Gasteiger partial charge in [0.15, 0.2) is 0 Å². The second-order valence-electron chi connectivity index (χ2n) is 3.95. The molecule has 0 heterocycles. The van der Waals surface area contributed by atoms with Gasteiger partial charge >= 0.3 is 0 Å². The summed E-state index contributed by atoms with van der Waals surface area (Å²) >= 11 is 0. The van der Waals surface area contributed by atoms with Crippen molar-refractivity contribution in [3.05, 3.63) is 65.2 Å². The number of hydrogen-bond acceptors (Lipinski definition) is 4. The number of carbonyl (C=O) groups excluding carboxylic acids is 1. The first-order valence-electron chi connectivity index (χ1n) is 5.82. The summed E-state index contributed by atoms with van der Waals surface area (Å²) in [5, 5.41) is 22.0. The second kappa shape index (κ2) is 6.16. The van der Waals surface area contributed by atoms with Gasteiger partial charge in [-0.15, -0.1) is 0 Å². The first-order chi connectivity index (χ1) is 9.70. The van der Waals surface area contributed by atoms with E-state index in [-0.39, 0.29) is 11.3 Å². The Bertz CT molecular complexity index is 685. The third-order valence-electron chi connectivity index (χ3n) is 2.57.